The van der Waals surface area contributed by atoms with E-state index in [4.69, 9.17) is 5.73 Å². The third-order valence-electron chi connectivity index (χ3n) is 2.18. The van der Waals surface area contributed by atoms with Crippen molar-refractivity contribution >= 4 is 0 Å². The summed E-state index contributed by atoms with van der Waals surface area (Å²) in [6.45, 7) is 2.21. The largest absolute Gasteiger partial charge is 0.326 e. The Morgan fingerprint density at radius 1 is 1.56 bits per heavy atom. The molecule has 0 aromatic rings. The van der Waals surface area contributed by atoms with Crippen LogP contribution < -0.4 is 11.1 Å². The fourth-order valence-corrected chi connectivity index (χ4v) is 1.51. The lowest BCUT2D eigenvalue weighted by molar-refractivity contribution is 0.639. The predicted molar refractivity (Wildman–Crippen MR) is 39.2 cm³/mol. The van der Waals surface area contributed by atoms with E-state index in [-0.39, 0.29) is 0 Å². The standard InChI is InChI=1S/C7H16N2/c1-3-4-5-6(8)7(5)9-2/h5-7,9H,3-4,8H2,1-2H3. The van der Waals surface area contributed by atoms with Gasteiger partial charge in [-0.2, -0.15) is 0 Å². The predicted octanol–water partition coefficient (Wildman–Crippen LogP) is 0.332. The van der Waals surface area contributed by atoms with Gasteiger partial charge in [0, 0.05) is 12.1 Å². The maximum absolute atomic E-state index is 5.74. The highest BCUT2D eigenvalue weighted by molar-refractivity contribution is 5.05. The molecule has 1 aliphatic carbocycles. The average Bonchev–Trinajstić information content (AvgIpc) is 2.44. The Balaban J connectivity index is 2.17. The molecule has 3 atom stereocenters. The number of hydrogen-bond donors (Lipinski definition) is 2. The summed E-state index contributed by atoms with van der Waals surface area (Å²) in [5, 5.41) is 3.20. The summed E-state index contributed by atoms with van der Waals surface area (Å²) in [5.41, 5.74) is 5.74. The molecule has 0 spiro atoms. The first-order chi connectivity index (χ1) is 4.31. The fourth-order valence-electron chi connectivity index (χ4n) is 1.51. The summed E-state index contributed by atoms with van der Waals surface area (Å²) in [6, 6.07) is 1.06. The normalized spacial score (nSPS) is 41.0. The van der Waals surface area contributed by atoms with Gasteiger partial charge in [0.05, 0.1) is 0 Å². The van der Waals surface area contributed by atoms with E-state index >= 15 is 0 Å². The van der Waals surface area contributed by atoms with E-state index in [1.165, 1.54) is 12.8 Å². The summed E-state index contributed by atoms with van der Waals surface area (Å²) in [7, 11) is 1.99. The third-order valence-corrected chi connectivity index (χ3v) is 2.18. The van der Waals surface area contributed by atoms with Crippen LogP contribution >= 0.6 is 0 Å². The van der Waals surface area contributed by atoms with Crippen LogP contribution in [0.1, 0.15) is 19.8 Å². The van der Waals surface area contributed by atoms with Crippen molar-refractivity contribution in [2.75, 3.05) is 7.05 Å². The first-order valence-electron chi connectivity index (χ1n) is 3.74. The summed E-state index contributed by atoms with van der Waals surface area (Å²) in [5.74, 6) is 0.764. The van der Waals surface area contributed by atoms with Gasteiger partial charge in [0.1, 0.15) is 0 Å². The lowest BCUT2D eigenvalue weighted by Crippen LogP contribution is -2.17. The minimum absolute atomic E-state index is 0.440. The van der Waals surface area contributed by atoms with Crippen molar-refractivity contribution in [3.8, 4) is 0 Å². The Hall–Kier alpha value is -0.0800. The van der Waals surface area contributed by atoms with Crippen LogP contribution in [0.3, 0.4) is 0 Å². The molecule has 3 unspecified atom stereocenters. The highest BCUT2D eigenvalue weighted by atomic mass is 15.0. The topological polar surface area (TPSA) is 38.0 Å². The molecular weight excluding hydrogens is 112 g/mol. The van der Waals surface area contributed by atoms with Crippen molar-refractivity contribution in [2.45, 2.75) is 31.8 Å². The van der Waals surface area contributed by atoms with E-state index < -0.39 is 0 Å². The van der Waals surface area contributed by atoms with Gasteiger partial charge in [-0.3, -0.25) is 0 Å². The van der Waals surface area contributed by atoms with Crippen molar-refractivity contribution in [3.63, 3.8) is 0 Å². The molecule has 1 saturated carbocycles. The minimum atomic E-state index is 0.440. The van der Waals surface area contributed by atoms with E-state index in [1.807, 2.05) is 7.05 Å². The lowest BCUT2D eigenvalue weighted by atomic mass is 10.2. The molecule has 1 fully saturated rings. The maximum Gasteiger partial charge on any atom is 0.0262 e. The zero-order valence-electron chi connectivity index (χ0n) is 6.22. The lowest BCUT2D eigenvalue weighted by Gasteiger charge is -1.91. The minimum Gasteiger partial charge on any atom is -0.326 e. The van der Waals surface area contributed by atoms with Crippen LogP contribution in [0.4, 0.5) is 0 Å². The van der Waals surface area contributed by atoms with Crippen molar-refractivity contribution < 1.29 is 0 Å². The molecule has 1 rings (SSSR count). The second-order valence-corrected chi connectivity index (χ2v) is 2.84. The number of nitrogens with two attached hydrogens (primary N) is 1. The third kappa shape index (κ3) is 1.25. The Kier molecular flexibility index (Phi) is 2.09. The summed E-state index contributed by atoms with van der Waals surface area (Å²) in [4.78, 5) is 0. The molecule has 0 aromatic carbocycles. The smallest absolute Gasteiger partial charge is 0.0262 e. The van der Waals surface area contributed by atoms with E-state index in [0.717, 1.165) is 5.92 Å². The first kappa shape index (κ1) is 7.03. The average molecular weight is 128 g/mol. The molecule has 2 heteroatoms. The van der Waals surface area contributed by atoms with Crippen LogP contribution in [0.5, 0.6) is 0 Å². The number of nitrogens with one attached hydrogen (secondary N) is 1. The molecule has 0 radical (unpaired) electrons. The molecule has 0 amide bonds. The highest BCUT2D eigenvalue weighted by Crippen LogP contribution is 2.32. The van der Waals surface area contributed by atoms with Crippen molar-refractivity contribution in [1.82, 2.24) is 5.32 Å². The Labute approximate surface area is 56.8 Å². The van der Waals surface area contributed by atoms with E-state index in [9.17, 15) is 0 Å². The van der Waals surface area contributed by atoms with Gasteiger partial charge in [-0.25, -0.2) is 0 Å². The molecule has 0 saturated heterocycles. The SMILES string of the molecule is CCCC1C(N)C1NC. The van der Waals surface area contributed by atoms with E-state index in [2.05, 4.69) is 12.2 Å². The molecule has 0 aliphatic heterocycles. The maximum atomic E-state index is 5.74. The summed E-state index contributed by atoms with van der Waals surface area (Å²) in [6.07, 6.45) is 2.54. The Bertz CT molecular complexity index is 92.9. The van der Waals surface area contributed by atoms with Gasteiger partial charge in [0.25, 0.3) is 0 Å². The van der Waals surface area contributed by atoms with E-state index in [0.29, 0.717) is 12.1 Å². The van der Waals surface area contributed by atoms with Gasteiger partial charge < -0.3 is 11.1 Å². The summed E-state index contributed by atoms with van der Waals surface area (Å²) >= 11 is 0. The molecule has 1 aliphatic rings. The highest BCUT2D eigenvalue weighted by Gasteiger charge is 2.45. The Morgan fingerprint density at radius 3 is 2.56 bits per heavy atom. The molecule has 0 aromatic heterocycles. The molecular formula is C7H16N2. The Morgan fingerprint density at radius 2 is 2.22 bits per heavy atom. The van der Waals surface area contributed by atoms with Gasteiger partial charge in [-0.05, 0) is 19.4 Å². The quantitative estimate of drug-likeness (QED) is 0.575. The van der Waals surface area contributed by atoms with Crippen molar-refractivity contribution in [1.29, 1.82) is 0 Å². The molecule has 9 heavy (non-hydrogen) atoms. The number of likely N-dealkylation sites (N-methyl/N-ethyl adjacent to an activating group) is 1. The van der Waals surface area contributed by atoms with Gasteiger partial charge in [0.2, 0.25) is 0 Å². The monoisotopic (exact) mass is 128 g/mol. The van der Waals surface area contributed by atoms with Crippen LogP contribution in [0, 0.1) is 5.92 Å². The van der Waals surface area contributed by atoms with Gasteiger partial charge in [-0.15, -0.1) is 0 Å². The van der Waals surface area contributed by atoms with Crippen molar-refractivity contribution in [3.05, 3.63) is 0 Å². The second kappa shape index (κ2) is 2.67. The van der Waals surface area contributed by atoms with Gasteiger partial charge in [0.15, 0.2) is 0 Å². The van der Waals surface area contributed by atoms with Gasteiger partial charge >= 0.3 is 0 Å². The van der Waals surface area contributed by atoms with Crippen LogP contribution in [-0.4, -0.2) is 19.1 Å². The molecule has 54 valence electrons. The summed E-state index contributed by atoms with van der Waals surface area (Å²) < 4.78 is 0. The fraction of sp³-hybridized carbons (Fsp3) is 1.00. The molecule has 2 nitrogen and oxygen atoms in total. The number of rotatable bonds is 3. The second-order valence-electron chi connectivity index (χ2n) is 2.84. The first-order valence-corrected chi connectivity index (χ1v) is 3.74. The van der Waals surface area contributed by atoms with Crippen LogP contribution in [-0.2, 0) is 0 Å². The zero-order valence-corrected chi connectivity index (χ0v) is 6.22. The van der Waals surface area contributed by atoms with Crippen LogP contribution in [0.25, 0.3) is 0 Å². The van der Waals surface area contributed by atoms with E-state index in [1.54, 1.807) is 0 Å². The van der Waals surface area contributed by atoms with Crippen LogP contribution in [0.15, 0.2) is 0 Å². The number of hydrogen-bond acceptors (Lipinski definition) is 2. The molecule has 0 heterocycles. The molecule has 0 bridgehead atoms. The van der Waals surface area contributed by atoms with Crippen LogP contribution in [0.2, 0.25) is 0 Å². The molecule has 3 N–H and O–H groups in total. The zero-order chi connectivity index (χ0) is 6.85. The van der Waals surface area contributed by atoms with Gasteiger partial charge in [-0.1, -0.05) is 13.3 Å². The van der Waals surface area contributed by atoms with Crippen molar-refractivity contribution in [2.24, 2.45) is 11.7 Å².